The van der Waals surface area contributed by atoms with Crippen molar-refractivity contribution in [3.8, 4) is 0 Å². The van der Waals surface area contributed by atoms with Crippen LogP contribution in [0, 0.1) is 0 Å². The third-order valence-electron chi connectivity index (χ3n) is 3.14. The van der Waals surface area contributed by atoms with E-state index >= 15 is 0 Å². The summed E-state index contributed by atoms with van der Waals surface area (Å²) in [5.41, 5.74) is 1.04. The molecule has 1 aromatic carbocycles. The van der Waals surface area contributed by atoms with E-state index < -0.39 is 5.97 Å². The Morgan fingerprint density at radius 3 is 2.78 bits per heavy atom. The maximum Gasteiger partial charge on any atom is 0.318 e. The first-order valence-electron chi connectivity index (χ1n) is 5.92. The number of urea groups is 1. The van der Waals surface area contributed by atoms with E-state index in [9.17, 15) is 9.59 Å². The first-order chi connectivity index (χ1) is 8.58. The molecule has 2 unspecified atom stereocenters. The molecule has 2 N–H and O–H groups in total. The summed E-state index contributed by atoms with van der Waals surface area (Å²) in [7, 11) is 0. The number of carboxylic acids is 1. The summed E-state index contributed by atoms with van der Waals surface area (Å²) in [5.74, 6) is -0.890. The smallest absolute Gasteiger partial charge is 0.318 e. The SMILES string of the molecule is CC(CC(=O)O)N1CC(c2ccccc2)NC1=O. The molecule has 5 nitrogen and oxygen atoms in total. The molecule has 0 spiro atoms. The molecule has 1 aliphatic heterocycles. The van der Waals surface area contributed by atoms with Gasteiger partial charge in [-0.2, -0.15) is 0 Å². The highest BCUT2D eigenvalue weighted by Gasteiger charge is 2.33. The molecule has 2 atom stereocenters. The Morgan fingerprint density at radius 1 is 1.50 bits per heavy atom. The Kier molecular flexibility index (Phi) is 3.50. The van der Waals surface area contributed by atoms with Crippen LogP contribution in [-0.4, -0.2) is 34.6 Å². The number of hydrogen-bond acceptors (Lipinski definition) is 2. The van der Waals surface area contributed by atoms with Crippen molar-refractivity contribution in [2.45, 2.75) is 25.4 Å². The Labute approximate surface area is 105 Å². The lowest BCUT2D eigenvalue weighted by molar-refractivity contribution is -0.137. The summed E-state index contributed by atoms with van der Waals surface area (Å²) in [4.78, 5) is 24.0. The summed E-state index contributed by atoms with van der Waals surface area (Å²) < 4.78 is 0. The third kappa shape index (κ3) is 2.61. The lowest BCUT2D eigenvalue weighted by Crippen LogP contribution is -2.37. The van der Waals surface area contributed by atoms with Crippen molar-refractivity contribution < 1.29 is 14.7 Å². The quantitative estimate of drug-likeness (QED) is 0.850. The molecule has 1 fully saturated rings. The van der Waals surface area contributed by atoms with Crippen LogP contribution < -0.4 is 5.32 Å². The summed E-state index contributed by atoms with van der Waals surface area (Å²) in [5, 5.41) is 11.6. The minimum Gasteiger partial charge on any atom is -0.481 e. The van der Waals surface area contributed by atoms with Crippen LogP contribution in [0.4, 0.5) is 4.79 Å². The Morgan fingerprint density at radius 2 is 2.17 bits per heavy atom. The molecular weight excluding hydrogens is 232 g/mol. The first-order valence-corrected chi connectivity index (χ1v) is 5.92. The Balaban J connectivity index is 2.05. The zero-order chi connectivity index (χ0) is 13.1. The molecule has 1 aromatic rings. The van der Waals surface area contributed by atoms with E-state index in [-0.39, 0.29) is 24.5 Å². The van der Waals surface area contributed by atoms with Crippen LogP contribution in [0.15, 0.2) is 30.3 Å². The molecule has 96 valence electrons. The van der Waals surface area contributed by atoms with E-state index in [1.807, 2.05) is 30.3 Å². The van der Waals surface area contributed by atoms with Crippen molar-refractivity contribution in [3.05, 3.63) is 35.9 Å². The van der Waals surface area contributed by atoms with Gasteiger partial charge in [-0.25, -0.2) is 4.79 Å². The fraction of sp³-hybridized carbons (Fsp3) is 0.385. The molecule has 5 heteroatoms. The van der Waals surface area contributed by atoms with Crippen molar-refractivity contribution in [3.63, 3.8) is 0 Å². The third-order valence-corrected chi connectivity index (χ3v) is 3.14. The second kappa shape index (κ2) is 5.08. The predicted molar refractivity (Wildman–Crippen MR) is 66.1 cm³/mol. The van der Waals surface area contributed by atoms with E-state index in [0.717, 1.165) is 5.56 Å². The second-order valence-electron chi connectivity index (χ2n) is 4.51. The highest BCUT2D eigenvalue weighted by atomic mass is 16.4. The maximum atomic E-state index is 11.8. The molecule has 0 bridgehead atoms. The number of carbonyl (C=O) groups excluding carboxylic acids is 1. The standard InChI is InChI=1S/C13H16N2O3/c1-9(7-12(16)17)15-8-11(14-13(15)18)10-5-3-2-4-6-10/h2-6,9,11H,7-8H2,1H3,(H,14,18)(H,16,17). The van der Waals surface area contributed by atoms with Gasteiger partial charge in [-0.05, 0) is 12.5 Å². The number of carbonyl (C=O) groups is 2. The van der Waals surface area contributed by atoms with Crippen LogP contribution in [0.5, 0.6) is 0 Å². The van der Waals surface area contributed by atoms with Crippen LogP contribution in [-0.2, 0) is 4.79 Å². The largest absolute Gasteiger partial charge is 0.481 e. The summed E-state index contributed by atoms with van der Waals surface area (Å²) in [6.07, 6.45) is -0.0328. The van der Waals surface area contributed by atoms with E-state index in [1.54, 1.807) is 11.8 Å². The molecule has 0 radical (unpaired) electrons. The van der Waals surface area contributed by atoms with Crippen molar-refractivity contribution in [1.82, 2.24) is 10.2 Å². The lowest BCUT2D eigenvalue weighted by atomic mass is 10.1. The zero-order valence-corrected chi connectivity index (χ0v) is 10.2. The summed E-state index contributed by atoms with van der Waals surface area (Å²) in [6, 6.07) is 9.12. The fourth-order valence-electron chi connectivity index (χ4n) is 2.17. The molecule has 0 aliphatic carbocycles. The first kappa shape index (κ1) is 12.4. The normalized spacial score (nSPS) is 20.6. The molecule has 0 saturated carbocycles. The maximum absolute atomic E-state index is 11.8. The van der Waals surface area contributed by atoms with Crippen molar-refractivity contribution in [1.29, 1.82) is 0 Å². The molecule has 0 aromatic heterocycles. The van der Waals surface area contributed by atoms with Gasteiger partial charge in [0, 0.05) is 12.6 Å². The van der Waals surface area contributed by atoms with Crippen molar-refractivity contribution in [2.75, 3.05) is 6.54 Å². The van der Waals surface area contributed by atoms with E-state index in [4.69, 9.17) is 5.11 Å². The van der Waals surface area contributed by atoms with Crippen LogP contribution >= 0.6 is 0 Å². The number of amides is 2. The average Bonchev–Trinajstić information content (AvgIpc) is 2.72. The fourth-order valence-corrected chi connectivity index (χ4v) is 2.17. The number of aliphatic carboxylic acids is 1. The van der Waals surface area contributed by atoms with E-state index in [2.05, 4.69) is 5.32 Å². The molecule has 1 saturated heterocycles. The minimum atomic E-state index is -0.890. The topological polar surface area (TPSA) is 69.6 Å². The van der Waals surface area contributed by atoms with Gasteiger partial charge in [0.2, 0.25) is 0 Å². The highest BCUT2D eigenvalue weighted by Crippen LogP contribution is 2.22. The monoisotopic (exact) mass is 248 g/mol. The molecular formula is C13H16N2O3. The molecule has 1 aliphatic rings. The van der Waals surface area contributed by atoms with Gasteiger partial charge in [-0.15, -0.1) is 0 Å². The van der Waals surface area contributed by atoms with Gasteiger partial charge in [0.25, 0.3) is 0 Å². The van der Waals surface area contributed by atoms with Crippen LogP contribution in [0.3, 0.4) is 0 Å². The van der Waals surface area contributed by atoms with Gasteiger partial charge in [0.15, 0.2) is 0 Å². The van der Waals surface area contributed by atoms with Crippen LogP contribution in [0.2, 0.25) is 0 Å². The minimum absolute atomic E-state index is 0.0328. The molecule has 2 amide bonds. The van der Waals surface area contributed by atoms with Crippen molar-refractivity contribution in [2.24, 2.45) is 0 Å². The van der Waals surface area contributed by atoms with Gasteiger partial charge in [0.05, 0.1) is 12.5 Å². The number of hydrogen-bond donors (Lipinski definition) is 2. The molecule has 2 rings (SSSR count). The summed E-state index contributed by atoms with van der Waals surface area (Å²) >= 11 is 0. The number of carboxylic acid groups (broad SMARTS) is 1. The Bertz CT molecular complexity index is 447. The van der Waals surface area contributed by atoms with Gasteiger partial charge < -0.3 is 15.3 Å². The van der Waals surface area contributed by atoms with Crippen molar-refractivity contribution >= 4 is 12.0 Å². The average molecular weight is 248 g/mol. The lowest BCUT2D eigenvalue weighted by Gasteiger charge is -2.21. The van der Waals surface area contributed by atoms with Crippen LogP contribution in [0.25, 0.3) is 0 Å². The number of nitrogens with zero attached hydrogens (tertiary/aromatic N) is 1. The van der Waals surface area contributed by atoms with Gasteiger partial charge in [-0.1, -0.05) is 30.3 Å². The zero-order valence-electron chi connectivity index (χ0n) is 10.2. The van der Waals surface area contributed by atoms with Gasteiger partial charge >= 0.3 is 12.0 Å². The van der Waals surface area contributed by atoms with Gasteiger partial charge in [-0.3, -0.25) is 4.79 Å². The number of nitrogens with one attached hydrogen (secondary N) is 1. The number of benzene rings is 1. The predicted octanol–water partition coefficient (Wildman–Crippen LogP) is 1.62. The number of rotatable bonds is 4. The van der Waals surface area contributed by atoms with Crippen LogP contribution in [0.1, 0.15) is 24.9 Å². The van der Waals surface area contributed by atoms with Gasteiger partial charge in [0.1, 0.15) is 0 Å². The summed E-state index contributed by atoms with van der Waals surface area (Å²) in [6.45, 7) is 2.26. The van der Waals surface area contributed by atoms with E-state index in [0.29, 0.717) is 6.54 Å². The highest BCUT2D eigenvalue weighted by molar-refractivity contribution is 5.78. The van der Waals surface area contributed by atoms with E-state index in [1.165, 1.54) is 0 Å². The molecule has 1 heterocycles. The molecule has 18 heavy (non-hydrogen) atoms. The Hall–Kier alpha value is -2.04. The second-order valence-corrected chi connectivity index (χ2v) is 4.51.